The summed E-state index contributed by atoms with van der Waals surface area (Å²) in [7, 11) is -3.05. The van der Waals surface area contributed by atoms with E-state index in [2.05, 4.69) is 19.2 Å². The van der Waals surface area contributed by atoms with Crippen LogP contribution >= 0.6 is 11.8 Å². The Hall–Kier alpha value is 0.220. The molecule has 6 heteroatoms. The van der Waals surface area contributed by atoms with Gasteiger partial charge in [0, 0.05) is 37.2 Å². The number of nitrogens with one attached hydrogen (secondary N) is 1. The van der Waals surface area contributed by atoms with Gasteiger partial charge in [0.05, 0.1) is 5.75 Å². The number of rotatable bonds is 5. The second-order valence-electron chi connectivity index (χ2n) is 6.21. The summed E-state index contributed by atoms with van der Waals surface area (Å²) in [5.74, 6) is 2.11. The highest BCUT2D eigenvalue weighted by atomic mass is 32.2. The van der Waals surface area contributed by atoms with Gasteiger partial charge in [-0.1, -0.05) is 20.3 Å². The van der Waals surface area contributed by atoms with Crippen LogP contribution in [0.15, 0.2) is 0 Å². The van der Waals surface area contributed by atoms with Crippen molar-refractivity contribution in [1.82, 2.24) is 9.62 Å². The number of thioether (sulfide) groups is 1. The molecule has 2 fully saturated rings. The number of hydrogen-bond acceptors (Lipinski definition) is 4. The smallest absolute Gasteiger partial charge is 0.215 e. The molecule has 0 amide bonds. The fraction of sp³-hybridized carbons (Fsp3) is 1.00. The van der Waals surface area contributed by atoms with Crippen LogP contribution in [-0.4, -0.2) is 55.7 Å². The Bertz CT molecular complexity index is 389. The monoisotopic (exact) mass is 306 g/mol. The summed E-state index contributed by atoms with van der Waals surface area (Å²) in [6, 6.07) is 0.472. The minimum absolute atomic E-state index is 0.240. The first-order chi connectivity index (χ1) is 8.92. The Morgan fingerprint density at radius 1 is 1.32 bits per heavy atom. The number of hydrogen-bond donors (Lipinski definition) is 1. The van der Waals surface area contributed by atoms with Crippen LogP contribution < -0.4 is 5.32 Å². The number of sulfonamides is 1. The van der Waals surface area contributed by atoms with Gasteiger partial charge in [0.25, 0.3) is 0 Å². The van der Waals surface area contributed by atoms with Crippen molar-refractivity contribution >= 4 is 21.8 Å². The van der Waals surface area contributed by atoms with Gasteiger partial charge in [0.1, 0.15) is 0 Å². The van der Waals surface area contributed by atoms with Crippen molar-refractivity contribution in [3.8, 4) is 0 Å². The molecule has 0 radical (unpaired) electrons. The van der Waals surface area contributed by atoms with Crippen LogP contribution in [0, 0.1) is 5.41 Å². The van der Waals surface area contributed by atoms with Crippen molar-refractivity contribution < 1.29 is 8.42 Å². The van der Waals surface area contributed by atoms with Gasteiger partial charge >= 0.3 is 0 Å². The highest BCUT2D eigenvalue weighted by Crippen LogP contribution is 2.36. The number of nitrogens with zero attached hydrogens (tertiary/aromatic N) is 1. The zero-order valence-corrected chi connectivity index (χ0v) is 13.7. The second kappa shape index (κ2) is 6.33. The molecule has 0 bridgehead atoms. The van der Waals surface area contributed by atoms with Crippen LogP contribution in [0.2, 0.25) is 0 Å². The summed E-state index contributed by atoms with van der Waals surface area (Å²) in [5.41, 5.74) is 0.311. The van der Waals surface area contributed by atoms with Crippen LogP contribution in [0.3, 0.4) is 0 Å². The molecule has 2 rings (SSSR count). The molecule has 1 heterocycles. The van der Waals surface area contributed by atoms with E-state index in [1.54, 1.807) is 4.31 Å². The topological polar surface area (TPSA) is 49.4 Å². The van der Waals surface area contributed by atoms with E-state index in [4.69, 9.17) is 0 Å². The molecule has 1 saturated heterocycles. The lowest BCUT2D eigenvalue weighted by Gasteiger charge is -2.29. The zero-order chi connectivity index (χ0) is 13.9. The predicted octanol–water partition coefficient (Wildman–Crippen LogP) is 1.53. The van der Waals surface area contributed by atoms with Crippen molar-refractivity contribution in [2.24, 2.45) is 5.41 Å². The molecular weight excluding hydrogens is 280 g/mol. The van der Waals surface area contributed by atoms with Crippen LogP contribution in [0.4, 0.5) is 0 Å². The minimum atomic E-state index is -3.05. The van der Waals surface area contributed by atoms with Gasteiger partial charge < -0.3 is 5.32 Å². The van der Waals surface area contributed by atoms with Crippen LogP contribution in [0.25, 0.3) is 0 Å². The maximum absolute atomic E-state index is 12.2. The van der Waals surface area contributed by atoms with Crippen molar-refractivity contribution in [1.29, 1.82) is 0 Å². The third-order valence-electron chi connectivity index (χ3n) is 4.37. The van der Waals surface area contributed by atoms with Gasteiger partial charge in [0.15, 0.2) is 0 Å². The zero-order valence-electron chi connectivity index (χ0n) is 12.0. The van der Waals surface area contributed by atoms with Crippen LogP contribution in [0.5, 0.6) is 0 Å². The van der Waals surface area contributed by atoms with E-state index in [0.29, 0.717) is 31.1 Å². The molecule has 1 aliphatic heterocycles. The lowest BCUT2D eigenvalue weighted by Crippen LogP contribution is -2.44. The summed E-state index contributed by atoms with van der Waals surface area (Å²) in [4.78, 5) is 0. The largest absolute Gasteiger partial charge is 0.312 e. The van der Waals surface area contributed by atoms with E-state index >= 15 is 0 Å². The Kier molecular flexibility index (Phi) is 5.20. The van der Waals surface area contributed by atoms with Gasteiger partial charge in [0.2, 0.25) is 10.0 Å². The first-order valence-electron chi connectivity index (χ1n) is 7.21. The van der Waals surface area contributed by atoms with E-state index < -0.39 is 10.0 Å². The molecule has 2 aliphatic rings. The summed E-state index contributed by atoms with van der Waals surface area (Å²) < 4.78 is 26.1. The van der Waals surface area contributed by atoms with E-state index in [1.807, 2.05) is 11.8 Å². The summed E-state index contributed by atoms with van der Waals surface area (Å²) in [6.07, 6.45) is 3.66. The average Bonchev–Trinajstić information content (AvgIpc) is 2.70. The van der Waals surface area contributed by atoms with Gasteiger partial charge in [-0.15, -0.1) is 0 Å². The Labute approximate surface area is 121 Å². The summed E-state index contributed by atoms with van der Waals surface area (Å²) in [6.45, 7) is 6.49. The third kappa shape index (κ3) is 4.09. The molecule has 1 aliphatic carbocycles. The predicted molar refractivity (Wildman–Crippen MR) is 82.1 cm³/mol. The third-order valence-corrected chi connectivity index (χ3v) is 7.19. The van der Waals surface area contributed by atoms with Gasteiger partial charge in [-0.3, -0.25) is 0 Å². The van der Waals surface area contributed by atoms with Crippen LogP contribution in [-0.2, 0) is 10.0 Å². The molecule has 19 heavy (non-hydrogen) atoms. The quantitative estimate of drug-likeness (QED) is 0.837. The molecule has 1 atom stereocenters. The average molecular weight is 306 g/mol. The van der Waals surface area contributed by atoms with E-state index in [1.165, 1.54) is 19.3 Å². The fourth-order valence-electron chi connectivity index (χ4n) is 3.02. The molecule has 1 saturated carbocycles. The second-order valence-corrected chi connectivity index (χ2v) is 9.53. The molecule has 0 aromatic rings. The molecule has 112 valence electrons. The summed E-state index contributed by atoms with van der Waals surface area (Å²) in [5, 5.41) is 3.46. The first-order valence-corrected chi connectivity index (χ1v) is 9.97. The molecular formula is C13H26N2O2S2. The van der Waals surface area contributed by atoms with E-state index in [0.717, 1.165) is 11.5 Å². The highest BCUT2D eigenvalue weighted by molar-refractivity contribution is 7.99. The van der Waals surface area contributed by atoms with Crippen molar-refractivity contribution in [3.05, 3.63) is 0 Å². The van der Waals surface area contributed by atoms with Crippen LogP contribution in [0.1, 0.15) is 33.1 Å². The molecule has 0 aromatic heterocycles. The minimum Gasteiger partial charge on any atom is -0.312 e. The Balaban J connectivity index is 1.78. The maximum Gasteiger partial charge on any atom is 0.215 e. The standard InChI is InChI=1S/C13H26N2O2S2/c1-13(2)5-3-4-12(13)14-6-11-19(16,17)15-7-9-18-10-8-15/h12,14H,3-11H2,1-2H3. The molecule has 4 nitrogen and oxygen atoms in total. The van der Waals surface area contributed by atoms with Gasteiger partial charge in [-0.25, -0.2) is 12.7 Å². The van der Waals surface area contributed by atoms with Crippen molar-refractivity contribution in [2.45, 2.75) is 39.2 Å². The lowest BCUT2D eigenvalue weighted by molar-refractivity contribution is 0.287. The van der Waals surface area contributed by atoms with Gasteiger partial charge in [-0.2, -0.15) is 11.8 Å². The molecule has 0 aromatic carbocycles. The first kappa shape index (κ1) is 15.6. The normalized spacial score (nSPS) is 28.6. The summed E-state index contributed by atoms with van der Waals surface area (Å²) >= 11 is 1.84. The Morgan fingerprint density at radius 3 is 2.58 bits per heavy atom. The fourth-order valence-corrected chi connectivity index (χ4v) is 5.53. The molecule has 1 unspecified atom stereocenters. The van der Waals surface area contributed by atoms with E-state index in [9.17, 15) is 8.42 Å². The molecule has 0 spiro atoms. The van der Waals surface area contributed by atoms with E-state index in [-0.39, 0.29) is 5.75 Å². The lowest BCUT2D eigenvalue weighted by atomic mass is 9.87. The Morgan fingerprint density at radius 2 is 2.00 bits per heavy atom. The SMILES string of the molecule is CC1(C)CCCC1NCCS(=O)(=O)N1CCSCC1. The maximum atomic E-state index is 12.2. The highest BCUT2D eigenvalue weighted by Gasteiger charge is 2.34. The molecule has 1 N–H and O–H groups in total. The van der Waals surface area contributed by atoms with Crippen molar-refractivity contribution in [3.63, 3.8) is 0 Å². The van der Waals surface area contributed by atoms with Crippen molar-refractivity contribution in [2.75, 3.05) is 36.9 Å². The van der Waals surface area contributed by atoms with Gasteiger partial charge in [-0.05, 0) is 18.3 Å².